The standard InChI is InChI=1S/C16H22N4/c1-12(11-20-9-5-6-10-20)17-16-15-8-4-3-7-14(15)13(2)18-19-16/h3-4,7-8,12H,5-6,9-11H2,1-2H3,(H,17,19). The van der Waals surface area contributed by atoms with Crippen molar-refractivity contribution in [3.63, 3.8) is 0 Å². The Morgan fingerprint density at radius 3 is 2.60 bits per heavy atom. The first-order valence-electron chi connectivity index (χ1n) is 7.45. The zero-order valence-electron chi connectivity index (χ0n) is 12.3. The molecule has 106 valence electrons. The lowest BCUT2D eigenvalue weighted by molar-refractivity contribution is 0.327. The van der Waals surface area contributed by atoms with Crippen molar-refractivity contribution in [1.82, 2.24) is 15.1 Å². The highest BCUT2D eigenvalue weighted by Crippen LogP contribution is 2.23. The topological polar surface area (TPSA) is 41.1 Å². The normalized spacial score (nSPS) is 17.5. The van der Waals surface area contributed by atoms with Crippen molar-refractivity contribution < 1.29 is 0 Å². The molecule has 1 saturated heterocycles. The Bertz CT molecular complexity index is 590. The third kappa shape index (κ3) is 2.75. The lowest BCUT2D eigenvalue weighted by Gasteiger charge is -2.22. The molecule has 1 aromatic carbocycles. The molecule has 0 saturated carbocycles. The van der Waals surface area contributed by atoms with Crippen LogP contribution in [0.1, 0.15) is 25.5 Å². The van der Waals surface area contributed by atoms with Crippen LogP contribution in [-0.2, 0) is 0 Å². The van der Waals surface area contributed by atoms with E-state index in [-0.39, 0.29) is 0 Å². The van der Waals surface area contributed by atoms with Gasteiger partial charge in [0.15, 0.2) is 5.82 Å². The molecular weight excluding hydrogens is 248 g/mol. The summed E-state index contributed by atoms with van der Waals surface area (Å²) in [5.74, 6) is 0.901. The van der Waals surface area contributed by atoms with E-state index >= 15 is 0 Å². The maximum Gasteiger partial charge on any atom is 0.156 e. The van der Waals surface area contributed by atoms with Crippen LogP contribution in [0.25, 0.3) is 10.8 Å². The van der Waals surface area contributed by atoms with E-state index in [0.29, 0.717) is 6.04 Å². The van der Waals surface area contributed by atoms with Crippen LogP contribution in [0, 0.1) is 6.92 Å². The van der Waals surface area contributed by atoms with E-state index in [1.807, 2.05) is 6.92 Å². The highest BCUT2D eigenvalue weighted by atomic mass is 15.2. The Morgan fingerprint density at radius 1 is 1.15 bits per heavy atom. The summed E-state index contributed by atoms with van der Waals surface area (Å²) in [5.41, 5.74) is 0.985. The minimum absolute atomic E-state index is 0.383. The average molecular weight is 270 g/mol. The fourth-order valence-electron chi connectivity index (χ4n) is 2.98. The van der Waals surface area contributed by atoms with Gasteiger partial charge in [0.1, 0.15) is 0 Å². The number of benzene rings is 1. The molecule has 20 heavy (non-hydrogen) atoms. The Kier molecular flexibility index (Phi) is 3.83. The predicted octanol–water partition coefficient (Wildman–Crippen LogP) is 2.83. The van der Waals surface area contributed by atoms with Gasteiger partial charge in [0.05, 0.1) is 5.69 Å². The van der Waals surface area contributed by atoms with Crippen LogP contribution in [0.3, 0.4) is 0 Å². The number of aromatic nitrogens is 2. The number of aryl methyl sites for hydroxylation is 1. The summed E-state index contributed by atoms with van der Waals surface area (Å²) in [5, 5.41) is 14.5. The average Bonchev–Trinajstić information content (AvgIpc) is 2.95. The molecule has 3 rings (SSSR count). The highest BCUT2D eigenvalue weighted by Gasteiger charge is 2.15. The van der Waals surface area contributed by atoms with Gasteiger partial charge in [-0.1, -0.05) is 24.3 Å². The molecule has 0 radical (unpaired) electrons. The number of likely N-dealkylation sites (tertiary alicyclic amines) is 1. The van der Waals surface area contributed by atoms with E-state index in [9.17, 15) is 0 Å². The number of rotatable bonds is 4. The van der Waals surface area contributed by atoms with Gasteiger partial charge in [-0.25, -0.2) is 0 Å². The minimum atomic E-state index is 0.383. The summed E-state index contributed by atoms with van der Waals surface area (Å²) in [7, 11) is 0. The summed E-state index contributed by atoms with van der Waals surface area (Å²) in [4.78, 5) is 2.52. The van der Waals surface area contributed by atoms with Crippen LogP contribution in [-0.4, -0.2) is 40.8 Å². The first-order chi connectivity index (χ1) is 9.74. The minimum Gasteiger partial charge on any atom is -0.364 e. The van der Waals surface area contributed by atoms with E-state index in [0.717, 1.165) is 23.4 Å². The van der Waals surface area contributed by atoms with Gasteiger partial charge in [-0.15, -0.1) is 5.10 Å². The van der Waals surface area contributed by atoms with Crippen LogP contribution in [0.4, 0.5) is 5.82 Å². The molecule has 0 spiro atoms. The third-order valence-electron chi connectivity index (χ3n) is 3.99. The molecule has 2 aromatic rings. The van der Waals surface area contributed by atoms with Crippen molar-refractivity contribution in [2.75, 3.05) is 25.0 Å². The van der Waals surface area contributed by atoms with Crippen LogP contribution in [0.5, 0.6) is 0 Å². The van der Waals surface area contributed by atoms with Crippen LogP contribution < -0.4 is 5.32 Å². The third-order valence-corrected chi connectivity index (χ3v) is 3.99. The summed E-state index contributed by atoms with van der Waals surface area (Å²) in [6.45, 7) is 7.75. The molecule has 1 aliphatic rings. The van der Waals surface area contributed by atoms with Crippen LogP contribution in [0.15, 0.2) is 24.3 Å². The first-order valence-corrected chi connectivity index (χ1v) is 7.45. The molecule has 1 unspecified atom stereocenters. The van der Waals surface area contributed by atoms with Gasteiger partial charge in [-0.3, -0.25) is 0 Å². The largest absolute Gasteiger partial charge is 0.364 e. The summed E-state index contributed by atoms with van der Waals surface area (Å²) < 4.78 is 0. The molecule has 1 atom stereocenters. The molecule has 0 bridgehead atoms. The van der Waals surface area contributed by atoms with E-state index in [4.69, 9.17) is 0 Å². The van der Waals surface area contributed by atoms with Crippen LogP contribution >= 0.6 is 0 Å². The van der Waals surface area contributed by atoms with E-state index in [1.54, 1.807) is 0 Å². The summed E-state index contributed by atoms with van der Waals surface area (Å²) in [6, 6.07) is 8.71. The van der Waals surface area contributed by atoms with Crippen molar-refractivity contribution in [3.05, 3.63) is 30.0 Å². The molecule has 4 heteroatoms. The van der Waals surface area contributed by atoms with E-state index in [1.165, 1.54) is 31.3 Å². The van der Waals surface area contributed by atoms with Gasteiger partial charge < -0.3 is 10.2 Å². The van der Waals surface area contributed by atoms with Crippen molar-refractivity contribution >= 4 is 16.6 Å². The predicted molar refractivity (Wildman–Crippen MR) is 83.0 cm³/mol. The van der Waals surface area contributed by atoms with Crippen LogP contribution in [0.2, 0.25) is 0 Å². The van der Waals surface area contributed by atoms with Gasteiger partial charge in [-0.2, -0.15) is 5.10 Å². The molecule has 4 nitrogen and oxygen atoms in total. The second kappa shape index (κ2) is 5.75. The number of nitrogens with zero attached hydrogens (tertiary/aromatic N) is 3. The second-order valence-corrected chi connectivity index (χ2v) is 5.73. The molecule has 1 aromatic heterocycles. The lowest BCUT2D eigenvalue weighted by atomic mass is 10.1. The Morgan fingerprint density at radius 2 is 1.85 bits per heavy atom. The summed E-state index contributed by atoms with van der Waals surface area (Å²) in [6.07, 6.45) is 2.67. The fourth-order valence-corrected chi connectivity index (χ4v) is 2.98. The monoisotopic (exact) mass is 270 g/mol. The quantitative estimate of drug-likeness (QED) is 0.927. The number of nitrogens with one attached hydrogen (secondary N) is 1. The molecule has 1 aliphatic heterocycles. The van der Waals surface area contributed by atoms with Gasteiger partial charge >= 0.3 is 0 Å². The molecule has 0 amide bonds. The summed E-state index contributed by atoms with van der Waals surface area (Å²) >= 11 is 0. The molecule has 1 fully saturated rings. The molecule has 0 aliphatic carbocycles. The van der Waals surface area contributed by atoms with E-state index < -0.39 is 0 Å². The number of anilines is 1. The second-order valence-electron chi connectivity index (χ2n) is 5.73. The lowest BCUT2D eigenvalue weighted by Crippen LogP contribution is -2.33. The Hall–Kier alpha value is -1.68. The SMILES string of the molecule is Cc1nnc(NC(C)CN2CCCC2)c2ccccc12. The molecule has 2 heterocycles. The van der Waals surface area contributed by atoms with Gasteiger partial charge in [-0.05, 0) is 39.8 Å². The van der Waals surface area contributed by atoms with E-state index in [2.05, 4.69) is 51.6 Å². The van der Waals surface area contributed by atoms with Crippen molar-refractivity contribution in [3.8, 4) is 0 Å². The number of hydrogen-bond donors (Lipinski definition) is 1. The van der Waals surface area contributed by atoms with Crippen molar-refractivity contribution in [1.29, 1.82) is 0 Å². The highest BCUT2D eigenvalue weighted by molar-refractivity contribution is 5.92. The number of fused-ring (bicyclic) bond motifs is 1. The maximum atomic E-state index is 4.34. The zero-order valence-corrected chi connectivity index (χ0v) is 12.3. The Balaban J connectivity index is 1.78. The number of hydrogen-bond acceptors (Lipinski definition) is 4. The smallest absolute Gasteiger partial charge is 0.156 e. The molecule has 1 N–H and O–H groups in total. The fraction of sp³-hybridized carbons (Fsp3) is 0.500. The molecular formula is C16H22N4. The van der Waals surface area contributed by atoms with Gasteiger partial charge in [0.25, 0.3) is 0 Å². The zero-order chi connectivity index (χ0) is 13.9. The van der Waals surface area contributed by atoms with Crippen molar-refractivity contribution in [2.24, 2.45) is 0 Å². The van der Waals surface area contributed by atoms with Gasteiger partial charge in [0, 0.05) is 23.4 Å². The first kappa shape index (κ1) is 13.3. The van der Waals surface area contributed by atoms with Gasteiger partial charge in [0.2, 0.25) is 0 Å². The Labute approximate surface area is 120 Å². The van der Waals surface area contributed by atoms with Crippen molar-refractivity contribution in [2.45, 2.75) is 32.7 Å². The maximum absolute atomic E-state index is 4.34.